The first-order valence-corrected chi connectivity index (χ1v) is 9.17. The molecule has 3 rings (SSSR count). The summed E-state index contributed by atoms with van der Waals surface area (Å²) >= 11 is 0. The van der Waals surface area contributed by atoms with E-state index in [-0.39, 0.29) is 17.2 Å². The first kappa shape index (κ1) is 17.6. The van der Waals surface area contributed by atoms with Crippen molar-refractivity contribution in [2.24, 2.45) is 0 Å². The van der Waals surface area contributed by atoms with Crippen molar-refractivity contribution >= 4 is 16.5 Å². The summed E-state index contributed by atoms with van der Waals surface area (Å²) in [5.74, 6) is -0.0348. The van der Waals surface area contributed by atoms with Crippen molar-refractivity contribution in [3.8, 4) is 23.0 Å². The van der Waals surface area contributed by atoms with E-state index in [4.69, 9.17) is 0 Å². The number of Topliss-reactive ketones (excluding diaryl/α,β-unsaturated/α-hetero) is 1. The van der Waals surface area contributed by atoms with Crippen molar-refractivity contribution in [1.82, 2.24) is 9.78 Å². The predicted molar refractivity (Wildman–Crippen MR) is 97.7 cm³/mol. The summed E-state index contributed by atoms with van der Waals surface area (Å²) in [5, 5.41) is 13.5. The molecular formula is C19H15N3O3S. The molecule has 0 fully saturated rings. The molecule has 0 spiro atoms. The highest BCUT2D eigenvalue weighted by Crippen LogP contribution is 2.25. The standard InChI is InChI=1S/C19H15N3O3S/c1-13(23)15-6-8-18(9-7-15)22-19(10-17(11-20)21-22)16-4-2-14(3-5-16)12-26(24)25/h2-10,26H,12H2,1H3. The van der Waals surface area contributed by atoms with Crippen LogP contribution in [-0.4, -0.2) is 24.0 Å². The molecule has 0 saturated carbocycles. The zero-order valence-electron chi connectivity index (χ0n) is 13.9. The molecule has 0 aliphatic heterocycles. The number of benzene rings is 2. The summed E-state index contributed by atoms with van der Waals surface area (Å²) in [5.41, 5.74) is 3.79. The quantitative estimate of drug-likeness (QED) is 0.554. The van der Waals surface area contributed by atoms with Crippen LogP contribution >= 0.6 is 0 Å². The van der Waals surface area contributed by atoms with Crippen molar-refractivity contribution in [2.45, 2.75) is 12.7 Å². The molecule has 1 heterocycles. The molecule has 0 unspecified atom stereocenters. The van der Waals surface area contributed by atoms with Gasteiger partial charge in [0.15, 0.2) is 11.5 Å². The van der Waals surface area contributed by atoms with E-state index in [1.54, 1.807) is 59.3 Å². The fourth-order valence-electron chi connectivity index (χ4n) is 2.61. The number of thiol groups is 1. The van der Waals surface area contributed by atoms with E-state index in [9.17, 15) is 18.5 Å². The topological polar surface area (TPSA) is 92.8 Å². The third-order valence-corrected chi connectivity index (χ3v) is 4.53. The van der Waals surface area contributed by atoms with Crippen LogP contribution in [0.3, 0.4) is 0 Å². The lowest BCUT2D eigenvalue weighted by molar-refractivity contribution is 0.101. The van der Waals surface area contributed by atoms with Crippen LogP contribution in [0.25, 0.3) is 16.9 Å². The third-order valence-electron chi connectivity index (χ3n) is 3.90. The minimum atomic E-state index is -2.48. The number of carbonyl (C=O) groups is 1. The average Bonchev–Trinajstić information content (AvgIpc) is 3.06. The largest absolute Gasteiger partial charge is 0.295 e. The number of carbonyl (C=O) groups excluding carboxylic acids is 1. The Kier molecular flexibility index (Phi) is 4.96. The predicted octanol–water partition coefficient (Wildman–Crippen LogP) is 2.72. The van der Waals surface area contributed by atoms with Crippen LogP contribution < -0.4 is 0 Å². The second-order valence-electron chi connectivity index (χ2n) is 5.73. The van der Waals surface area contributed by atoms with E-state index in [1.807, 2.05) is 6.07 Å². The third kappa shape index (κ3) is 3.71. The second kappa shape index (κ2) is 7.33. The van der Waals surface area contributed by atoms with Gasteiger partial charge in [-0.25, -0.2) is 13.1 Å². The summed E-state index contributed by atoms with van der Waals surface area (Å²) in [4.78, 5) is 11.4. The molecule has 7 heteroatoms. The minimum absolute atomic E-state index is 0.00910. The first-order chi connectivity index (χ1) is 12.5. The summed E-state index contributed by atoms with van der Waals surface area (Å²) in [6, 6.07) is 17.7. The lowest BCUT2D eigenvalue weighted by Gasteiger charge is -2.08. The lowest BCUT2D eigenvalue weighted by Crippen LogP contribution is -2.01. The number of hydrogen-bond donors (Lipinski definition) is 1. The van der Waals surface area contributed by atoms with Crippen molar-refractivity contribution in [3.63, 3.8) is 0 Å². The maximum absolute atomic E-state index is 11.4. The van der Waals surface area contributed by atoms with Crippen molar-refractivity contribution in [2.75, 3.05) is 0 Å². The molecule has 6 nitrogen and oxygen atoms in total. The lowest BCUT2D eigenvalue weighted by atomic mass is 10.1. The summed E-state index contributed by atoms with van der Waals surface area (Å²) < 4.78 is 23.3. The van der Waals surface area contributed by atoms with Gasteiger partial charge in [0.25, 0.3) is 0 Å². The molecule has 2 aromatic carbocycles. The number of ketones is 1. The van der Waals surface area contributed by atoms with Gasteiger partial charge in [-0.2, -0.15) is 10.4 Å². The van der Waals surface area contributed by atoms with Gasteiger partial charge >= 0.3 is 0 Å². The van der Waals surface area contributed by atoms with Crippen molar-refractivity contribution < 1.29 is 13.2 Å². The Balaban J connectivity index is 2.04. The number of nitriles is 1. The van der Waals surface area contributed by atoms with E-state index < -0.39 is 10.7 Å². The Morgan fingerprint density at radius 3 is 2.31 bits per heavy atom. The second-order valence-corrected chi connectivity index (χ2v) is 6.71. The van der Waals surface area contributed by atoms with E-state index in [0.717, 1.165) is 11.3 Å². The first-order valence-electron chi connectivity index (χ1n) is 7.80. The molecule has 0 N–H and O–H groups in total. The summed E-state index contributed by atoms with van der Waals surface area (Å²) in [7, 11) is -2.48. The summed E-state index contributed by atoms with van der Waals surface area (Å²) in [6.45, 7) is 1.50. The van der Waals surface area contributed by atoms with Gasteiger partial charge < -0.3 is 0 Å². The highest BCUT2D eigenvalue weighted by Gasteiger charge is 2.12. The van der Waals surface area contributed by atoms with Gasteiger partial charge in [0.1, 0.15) is 16.8 Å². The number of nitrogens with zero attached hydrogens (tertiary/aromatic N) is 3. The van der Waals surface area contributed by atoms with E-state index in [0.29, 0.717) is 16.8 Å². The SMILES string of the molecule is CC(=O)c1ccc(-n2nc(C#N)cc2-c2ccc(C[SH](=O)=O)cc2)cc1. The molecular weight excluding hydrogens is 350 g/mol. The Bertz CT molecular complexity index is 1060. The fourth-order valence-corrected chi connectivity index (χ4v) is 3.11. The molecule has 0 aliphatic carbocycles. The van der Waals surface area contributed by atoms with Gasteiger partial charge in [0, 0.05) is 17.2 Å². The van der Waals surface area contributed by atoms with Crippen LogP contribution in [0.5, 0.6) is 0 Å². The van der Waals surface area contributed by atoms with E-state index in [1.165, 1.54) is 6.92 Å². The smallest absolute Gasteiger partial charge is 0.163 e. The van der Waals surface area contributed by atoms with Crippen molar-refractivity contribution in [1.29, 1.82) is 5.26 Å². The monoisotopic (exact) mass is 365 g/mol. The molecule has 1 aromatic heterocycles. The van der Waals surface area contributed by atoms with E-state index in [2.05, 4.69) is 5.10 Å². The molecule has 26 heavy (non-hydrogen) atoms. The normalized spacial score (nSPS) is 10.7. The summed E-state index contributed by atoms with van der Waals surface area (Å²) in [6.07, 6.45) is 0. The molecule has 0 saturated heterocycles. The van der Waals surface area contributed by atoms with Crippen LogP contribution in [0.2, 0.25) is 0 Å². The Morgan fingerprint density at radius 1 is 1.12 bits per heavy atom. The molecule has 3 aromatic rings. The van der Waals surface area contributed by atoms with Crippen LogP contribution in [0, 0.1) is 11.3 Å². The maximum atomic E-state index is 11.4. The number of hydrogen-bond acceptors (Lipinski definition) is 5. The Morgan fingerprint density at radius 2 is 1.77 bits per heavy atom. The Hall–Kier alpha value is -3.24. The molecule has 0 bridgehead atoms. The van der Waals surface area contributed by atoms with Gasteiger partial charge in [-0.1, -0.05) is 24.3 Å². The Labute approximate surface area is 152 Å². The van der Waals surface area contributed by atoms with E-state index >= 15 is 0 Å². The van der Waals surface area contributed by atoms with Crippen LogP contribution in [-0.2, 0) is 16.5 Å². The molecule has 0 radical (unpaired) electrons. The fraction of sp³-hybridized carbons (Fsp3) is 0.105. The van der Waals surface area contributed by atoms with Gasteiger partial charge in [-0.3, -0.25) is 4.79 Å². The molecule has 0 atom stereocenters. The van der Waals surface area contributed by atoms with Crippen LogP contribution in [0.4, 0.5) is 0 Å². The highest BCUT2D eigenvalue weighted by atomic mass is 32.2. The van der Waals surface area contributed by atoms with Gasteiger partial charge in [-0.05, 0) is 36.8 Å². The minimum Gasteiger partial charge on any atom is -0.295 e. The molecule has 0 amide bonds. The van der Waals surface area contributed by atoms with Crippen molar-refractivity contribution in [3.05, 3.63) is 71.4 Å². The average molecular weight is 365 g/mol. The molecule has 130 valence electrons. The van der Waals surface area contributed by atoms with Gasteiger partial charge in [0.05, 0.1) is 17.1 Å². The number of aromatic nitrogens is 2. The zero-order valence-corrected chi connectivity index (χ0v) is 14.8. The molecule has 0 aliphatic rings. The highest BCUT2D eigenvalue weighted by molar-refractivity contribution is 7.71. The van der Waals surface area contributed by atoms with Gasteiger partial charge in [0.2, 0.25) is 0 Å². The number of rotatable bonds is 5. The zero-order chi connectivity index (χ0) is 18.7. The van der Waals surface area contributed by atoms with Crippen LogP contribution in [0.15, 0.2) is 54.6 Å². The van der Waals surface area contributed by atoms with Crippen LogP contribution in [0.1, 0.15) is 28.5 Å². The van der Waals surface area contributed by atoms with Gasteiger partial charge in [-0.15, -0.1) is 0 Å². The maximum Gasteiger partial charge on any atom is 0.163 e.